The first kappa shape index (κ1) is 17.5. The van der Waals surface area contributed by atoms with Crippen LogP contribution in [0.2, 0.25) is 0 Å². The number of amides is 1. The highest BCUT2D eigenvalue weighted by atomic mass is 79.9. The predicted octanol–water partition coefficient (Wildman–Crippen LogP) is 3.23. The van der Waals surface area contributed by atoms with Crippen LogP contribution in [0.1, 0.15) is 25.3 Å². The van der Waals surface area contributed by atoms with Crippen molar-refractivity contribution in [2.75, 3.05) is 20.2 Å². The fourth-order valence-corrected chi connectivity index (χ4v) is 3.14. The van der Waals surface area contributed by atoms with Gasteiger partial charge in [0, 0.05) is 13.6 Å². The maximum Gasteiger partial charge on any atom is 0.223 e. The van der Waals surface area contributed by atoms with Gasteiger partial charge in [-0.05, 0) is 62.5 Å². The predicted molar refractivity (Wildman–Crippen MR) is 88.0 cm³/mol. The summed E-state index contributed by atoms with van der Waals surface area (Å²) in [5.41, 5.74) is 1.18. The van der Waals surface area contributed by atoms with Crippen LogP contribution in [-0.4, -0.2) is 26.1 Å². The molecule has 0 saturated heterocycles. The summed E-state index contributed by atoms with van der Waals surface area (Å²) in [5.74, 6) is 0.700. The highest BCUT2D eigenvalue weighted by Gasteiger charge is 2.09. The maximum atomic E-state index is 11.1. The second kappa shape index (κ2) is 9.37. The molecule has 0 radical (unpaired) electrons. The summed E-state index contributed by atoms with van der Waals surface area (Å²) in [6.07, 6.45) is 1.46. The van der Waals surface area contributed by atoms with E-state index in [1.54, 1.807) is 7.05 Å². The number of rotatable bonds is 8. The lowest BCUT2D eigenvalue weighted by molar-refractivity contribution is -0.121. The van der Waals surface area contributed by atoms with Crippen LogP contribution in [-0.2, 0) is 11.3 Å². The van der Waals surface area contributed by atoms with Gasteiger partial charge in [0.2, 0.25) is 5.91 Å². The standard InChI is InChI=1S/C14H20Br2N2O2/c1-3-5-18-9-10-7-11(15)14(12(16)8-10)20-6-4-13(19)17-2/h7-8,18H,3-6,9H2,1-2H3,(H,17,19). The molecule has 1 aromatic rings. The summed E-state index contributed by atoms with van der Waals surface area (Å²) >= 11 is 7.02. The van der Waals surface area contributed by atoms with E-state index in [1.807, 2.05) is 12.1 Å². The van der Waals surface area contributed by atoms with E-state index in [1.165, 1.54) is 5.56 Å². The summed E-state index contributed by atoms with van der Waals surface area (Å²) in [4.78, 5) is 11.1. The minimum absolute atomic E-state index is 0.0300. The molecule has 0 bridgehead atoms. The molecule has 6 heteroatoms. The third-order valence-corrected chi connectivity index (χ3v) is 3.85. The smallest absolute Gasteiger partial charge is 0.223 e. The second-order valence-electron chi connectivity index (χ2n) is 4.34. The Hall–Kier alpha value is -0.590. The van der Waals surface area contributed by atoms with Crippen molar-refractivity contribution in [2.45, 2.75) is 26.3 Å². The first-order valence-corrected chi connectivity index (χ1v) is 8.19. The zero-order chi connectivity index (χ0) is 15.0. The lowest BCUT2D eigenvalue weighted by atomic mass is 10.2. The van der Waals surface area contributed by atoms with Crippen molar-refractivity contribution < 1.29 is 9.53 Å². The summed E-state index contributed by atoms with van der Waals surface area (Å²) in [6.45, 7) is 4.32. The van der Waals surface area contributed by atoms with E-state index < -0.39 is 0 Å². The van der Waals surface area contributed by atoms with Crippen LogP contribution in [0.4, 0.5) is 0 Å². The van der Waals surface area contributed by atoms with Crippen molar-refractivity contribution in [3.63, 3.8) is 0 Å². The Morgan fingerprint density at radius 1 is 1.30 bits per heavy atom. The number of carbonyl (C=O) groups excluding carboxylic acids is 1. The van der Waals surface area contributed by atoms with Crippen LogP contribution in [0.5, 0.6) is 5.75 Å². The minimum Gasteiger partial charge on any atom is -0.491 e. The quantitative estimate of drug-likeness (QED) is 0.650. The topological polar surface area (TPSA) is 50.4 Å². The van der Waals surface area contributed by atoms with E-state index in [0.29, 0.717) is 13.0 Å². The first-order chi connectivity index (χ1) is 9.58. The lowest BCUT2D eigenvalue weighted by Crippen LogP contribution is -2.20. The van der Waals surface area contributed by atoms with Gasteiger partial charge in [0.1, 0.15) is 5.75 Å². The van der Waals surface area contributed by atoms with Crippen molar-refractivity contribution in [3.05, 3.63) is 26.6 Å². The van der Waals surface area contributed by atoms with E-state index >= 15 is 0 Å². The van der Waals surface area contributed by atoms with Gasteiger partial charge in [0.15, 0.2) is 0 Å². The average Bonchev–Trinajstić information content (AvgIpc) is 2.42. The van der Waals surface area contributed by atoms with Crippen molar-refractivity contribution in [1.82, 2.24) is 10.6 Å². The van der Waals surface area contributed by atoms with Gasteiger partial charge in [-0.2, -0.15) is 0 Å². The van der Waals surface area contributed by atoms with Crippen LogP contribution in [0.25, 0.3) is 0 Å². The van der Waals surface area contributed by atoms with E-state index in [-0.39, 0.29) is 5.91 Å². The van der Waals surface area contributed by atoms with E-state index in [4.69, 9.17) is 4.74 Å². The number of carbonyl (C=O) groups is 1. The molecule has 0 unspecified atom stereocenters. The molecule has 1 rings (SSSR count). The maximum absolute atomic E-state index is 11.1. The summed E-state index contributed by atoms with van der Waals surface area (Å²) in [5, 5.41) is 5.92. The fraction of sp³-hybridized carbons (Fsp3) is 0.500. The molecule has 0 spiro atoms. The van der Waals surface area contributed by atoms with Gasteiger partial charge in [-0.15, -0.1) is 0 Å². The van der Waals surface area contributed by atoms with Crippen molar-refractivity contribution in [2.24, 2.45) is 0 Å². The number of ether oxygens (including phenoxy) is 1. The van der Waals surface area contributed by atoms with Crippen molar-refractivity contribution >= 4 is 37.8 Å². The van der Waals surface area contributed by atoms with Crippen molar-refractivity contribution in [3.8, 4) is 5.75 Å². The highest BCUT2D eigenvalue weighted by Crippen LogP contribution is 2.34. The molecule has 0 aliphatic heterocycles. The Labute approximate surface area is 136 Å². The van der Waals surface area contributed by atoms with Gasteiger partial charge in [0.05, 0.1) is 22.0 Å². The third-order valence-electron chi connectivity index (χ3n) is 2.67. The monoisotopic (exact) mass is 406 g/mol. The van der Waals surface area contributed by atoms with E-state index in [0.717, 1.165) is 34.2 Å². The van der Waals surface area contributed by atoms with Gasteiger partial charge >= 0.3 is 0 Å². The first-order valence-electron chi connectivity index (χ1n) is 6.60. The Bertz CT molecular complexity index is 430. The number of nitrogens with one attached hydrogen (secondary N) is 2. The zero-order valence-corrected chi connectivity index (χ0v) is 14.9. The number of hydrogen-bond donors (Lipinski definition) is 2. The molecule has 4 nitrogen and oxygen atoms in total. The zero-order valence-electron chi connectivity index (χ0n) is 11.8. The van der Waals surface area contributed by atoms with Gasteiger partial charge in [-0.1, -0.05) is 6.92 Å². The Morgan fingerprint density at radius 3 is 2.50 bits per heavy atom. The number of benzene rings is 1. The fourth-order valence-electron chi connectivity index (χ4n) is 1.63. The third kappa shape index (κ3) is 5.81. The van der Waals surface area contributed by atoms with Crippen LogP contribution < -0.4 is 15.4 Å². The summed E-state index contributed by atoms with van der Waals surface area (Å²) < 4.78 is 7.42. The molecule has 0 aromatic heterocycles. The molecule has 2 N–H and O–H groups in total. The Balaban J connectivity index is 2.61. The molecular formula is C14H20Br2N2O2. The highest BCUT2D eigenvalue weighted by molar-refractivity contribution is 9.11. The molecule has 1 aromatic carbocycles. The van der Waals surface area contributed by atoms with Crippen molar-refractivity contribution in [1.29, 1.82) is 0 Å². The molecular weight excluding hydrogens is 388 g/mol. The van der Waals surface area contributed by atoms with Gasteiger partial charge < -0.3 is 15.4 Å². The minimum atomic E-state index is -0.0300. The summed E-state index contributed by atoms with van der Waals surface area (Å²) in [6, 6.07) is 4.06. The molecule has 20 heavy (non-hydrogen) atoms. The van der Waals surface area contributed by atoms with E-state index in [2.05, 4.69) is 49.4 Å². The largest absolute Gasteiger partial charge is 0.491 e. The molecule has 0 fully saturated rings. The molecule has 1 amide bonds. The van der Waals surface area contributed by atoms with Gasteiger partial charge in [0.25, 0.3) is 0 Å². The van der Waals surface area contributed by atoms with Gasteiger partial charge in [-0.3, -0.25) is 4.79 Å². The van der Waals surface area contributed by atoms with Crippen LogP contribution in [0, 0.1) is 0 Å². The number of hydrogen-bond acceptors (Lipinski definition) is 3. The second-order valence-corrected chi connectivity index (χ2v) is 6.05. The Kier molecular flexibility index (Phi) is 8.18. The molecule has 112 valence electrons. The lowest BCUT2D eigenvalue weighted by Gasteiger charge is -2.12. The molecule has 0 saturated carbocycles. The SMILES string of the molecule is CCCNCc1cc(Br)c(OCCC(=O)NC)c(Br)c1. The Morgan fingerprint density at radius 2 is 1.95 bits per heavy atom. The van der Waals surface area contributed by atoms with Crippen LogP contribution in [0.3, 0.4) is 0 Å². The van der Waals surface area contributed by atoms with Gasteiger partial charge in [-0.25, -0.2) is 0 Å². The molecule has 0 aliphatic rings. The van der Waals surface area contributed by atoms with Crippen LogP contribution in [0.15, 0.2) is 21.1 Å². The molecule has 0 atom stereocenters. The summed E-state index contributed by atoms with van der Waals surface area (Å²) in [7, 11) is 1.62. The number of halogens is 2. The van der Waals surface area contributed by atoms with Crippen LogP contribution >= 0.6 is 31.9 Å². The normalized spacial score (nSPS) is 10.4. The average molecular weight is 408 g/mol. The van der Waals surface area contributed by atoms with E-state index in [9.17, 15) is 4.79 Å². The molecule has 0 aliphatic carbocycles. The molecule has 0 heterocycles.